The zero-order chi connectivity index (χ0) is 22.4. The maximum atomic E-state index is 13.3. The molecule has 1 aliphatic carbocycles. The highest BCUT2D eigenvalue weighted by Gasteiger charge is 2.73. The molecule has 3 aliphatic rings. The predicted octanol–water partition coefficient (Wildman–Crippen LogP) is 2.45. The minimum Gasteiger partial charge on any atom is -0.444 e. The third-order valence-corrected chi connectivity index (χ3v) is 6.24. The van der Waals surface area contributed by atoms with Gasteiger partial charge in [0.15, 0.2) is 0 Å². The third-order valence-electron chi connectivity index (χ3n) is 6.24. The van der Waals surface area contributed by atoms with E-state index in [0.29, 0.717) is 37.5 Å². The molecule has 1 unspecified atom stereocenters. The largest absolute Gasteiger partial charge is 0.444 e. The van der Waals surface area contributed by atoms with Gasteiger partial charge >= 0.3 is 12.1 Å². The summed E-state index contributed by atoms with van der Waals surface area (Å²) < 4.78 is 10.7. The Morgan fingerprint density at radius 3 is 2.23 bits per heavy atom. The molecule has 3 amide bonds. The number of nitrogens with one attached hydrogen (secondary N) is 1. The van der Waals surface area contributed by atoms with Crippen LogP contribution >= 0.6 is 0 Å². The lowest BCUT2D eigenvalue weighted by molar-refractivity contribution is -0.177. The van der Waals surface area contributed by atoms with Gasteiger partial charge in [-0.05, 0) is 57.6 Å². The van der Waals surface area contributed by atoms with Crippen LogP contribution in [0.1, 0.15) is 60.7 Å². The first-order valence-electron chi connectivity index (χ1n) is 10.3. The maximum absolute atomic E-state index is 13.3. The normalized spacial score (nSPS) is 24.0. The first-order valence-corrected chi connectivity index (χ1v) is 10.3. The molecule has 0 radical (unpaired) electrons. The van der Waals surface area contributed by atoms with Crippen LogP contribution in [0.3, 0.4) is 0 Å². The molecule has 1 atom stereocenters. The number of amides is 3. The summed E-state index contributed by atoms with van der Waals surface area (Å²) in [7, 11) is 0. The van der Waals surface area contributed by atoms with Crippen molar-refractivity contribution in [2.75, 3.05) is 19.8 Å². The summed E-state index contributed by atoms with van der Waals surface area (Å²) in [6, 6.07) is 6.31. The molecule has 2 aliphatic heterocycles. The van der Waals surface area contributed by atoms with Crippen LogP contribution in [0.25, 0.3) is 0 Å². The van der Waals surface area contributed by atoms with E-state index >= 15 is 0 Å². The smallest absolute Gasteiger partial charge is 0.407 e. The van der Waals surface area contributed by atoms with E-state index in [0.717, 1.165) is 0 Å². The van der Waals surface area contributed by atoms with Crippen molar-refractivity contribution < 1.29 is 33.5 Å². The van der Waals surface area contributed by atoms with E-state index in [9.17, 15) is 19.2 Å². The number of imide groups is 1. The van der Waals surface area contributed by atoms with Crippen LogP contribution in [0.5, 0.6) is 0 Å². The van der Waals surface area contributed by atoms with E-state index in [4.69, 9.17) is 14.3 Å². The zero-order valence-electron chi connectivity index (χ0n) is 17.9. The fourth-order valence-corrected chi connectivity index (χ4v) is 4.52. The second-order valence-electron chi connectivity index (χ2n) is 9.34. The SMILES string of the molecule is CC(C)(C)OC(=O)NCC1(C(=O)ON2C(=O)c3ccccc3C2=O)CC12CCOCC2. The average Bonchev–Trinajstić information content (AvgIpc) is 3.27. The van der Waals surface area contributed by atoms with Crippen molar-refractivity contribution >= 4 is 23.9 Å². The zero-order valence-corrected chi connectivity index (χ0v) is 17.9. The van der Waals surface area contributed by atoms with Crippen molar-refractivity contribution in [2.24, 2.45) is 10.8 Å². The van der Waals surface area contributed by atoms with E-state index in [2.05, 4.69) is 5.32 Å². The fraction of sp³-hybridized carbons (Fsp3) is 0.545. The highest BCUT2D eigenvalue weighted by Crippen LogP contribution is 2.69. The number of hydrogen-bond acceptors (Lipinski definition) is 7. The van der Waals surface area contributed by atoms with Gasteiger partial charge in [0.2, 0.25) is 0 Å². The number of carbonyl (C=O) groups excluding carboxylic acids is 4. The monoisotopic (exact) mass is 430 g/mol. The number of benzene rings is 1. The van der Waals surface area contributed by atoms with Crippen molar-refractivity contribution in [2.45, 2.75) is 45.6 Å². The van der Waals surface area contributed by atoms with Crippen molar-refractivity contribution in [1.82, 2.24) is 10.4 Å². The van der Waals surface area contributed by atoms with Gasteiger partial charge < -0.3 is 19.6 Å². The molecule has 9 nitrogen and oxygen atoms in total. The van der Waals surface area contributed by atoms with Crippen LogP contribution in [0.15, 0.2) is 24.3 Å². The van der Waals surface area contributed by atoms with E-state index in [1.54, 1.807) is 32.9 Å². The van der Waals surface area contributed by atoms with Crippen LogP contribution in [0.4, 0.5) is 4.79 Å². The molecular weight excluding hydrogens is 404 g/mol. The standard InChI is InChI=1S/C22H26N2O7/c1-20(2,3)30-19(28)23-13-22(12-21(22)8-10-29-11-9-21)18(27)31-24-16(25)14-6-4-5-7-15(14)17(24)26/h4-7H,8-13H2,1-3H3,(H,23,28). The van der Waals surface area contributed by atoms with Crippen LogP contribution in [0.2, 0.25) is 0 Å². The molecule has 1 aromatic rings. The second kappa shape index (κ2) is 7.33. The molecule has 1 saturated heterocycles. The van der Waals surface area contributed by atoms with Crippen molar-refractivity contribution in [3.63, 3.8) is 0 Å². The number of alkyl carbamates (subject to hydrolysis) is 1. The summed E-state index contributed by atoms with van der Waals surface area (Å²) in [5, 5.41) is 3.19. The second-order valence-corrected chi connectivity index (χ2v) is 9.34. The van der Waals surface area contributed by atoms with Gasteiger partial charge in [0.1, 0.15) is 5.60 Å². The molecule has 1 spiro atoms. The van der Waals surface area contributed by atoms with Crippen molar-refractivity contribution in [3.8, 4) is 0 Å². The minimum atomic E-state index is -1.05. The number of hydroxylamine groups is 2. The Morgan fingerprint density at radius 2 is 1.68 bits per heavy atom. The van der Waals surface area contributed by atoms with Crippen molar-refractivity contribution in [3.05, 3.63) is 35.4 Å². The fourth-order valence-electron chi connectivity index (χ4n) is 4.52. The van der Waals surface area contributed by atoms with Crippen molar-refractivity contribution in [1.29, 1.82) is 0 Å². The Bertz CT molecular complexity index is 910. The average molecular weight is 430 g/mol. The van der Waals surface area contributed by atoms with Gasteiger partial charge in [0.05, 0.1) is 16.5 Å². The summed E-state index contributed by atoms with van der Waals surface area (Å²) in [4.78, 5) is 56.1. The van der Waals surface area contributed by atoms with E-state index < -0.39 is 40.3 Å². The summed E-state index contributed by atoms with van der Waals surface area (Å²) in [6.45, 7) is 6.22. The van der Waals surface area contributed by atoms with E-state index in [1.165, 1.54) is 12.1 Å². The Balaban J connectivity index is 1.51. The summed E-state index contributed by atoms with van der Waals surface area (Å²) in [6.07, 6.45) is 1.08. The van der Waals surface area contributed by atoms with E-state index in [-0.39, 0.29) is 17.7 Å². The summed E-state index contributed by atoms with van der Waals surface area (Å²) in [5.41, 5.74) is -1.76. The van der Waals surface area contributed by atoms with Gasteiger partial charge in [0, 0.05) is 19.8 Å². The molecule has 9 heteroatoms. The molecular formula is C22H26N2O7. The predicted molar refractivity (Wildman–Crippen MR) is 107 cm³/mol. The topological polar surface area (TPSA) is 111 Å². The highest BCUT2D eigenvalue weighted by molar-refractivity contribution is 6.21. The quantitative estimate of drug-likeness (QED) is 0.731. The minimum absolute atomic E-state index is 0.0100. The van der Waals surface area contributed by atoms with Crippen LogP contribution in [-0.2, 0) is 19.1 Å². The Kier molecular flexibility index (Phi) is 5.04. The summed E-state index contributed by atoms with van der Waals surface area (Å²) >= 11 is 0. The lowest BCUT2D eigenvalue weighted by Gasteiger charge is -2.29. The number of hydrogen-bond donors (Lipinski definition) is 1. The molecule has 2 fully saturated rings. The molecule has 0 aromatic heterocycles. The van der Waals surface area contributed by atoms with Gasteiger partial charge in [-0.1, -0.05) is 17.2 Å². The molecule has 0 bridgehead atoms. The van der Waals surface area contributed by atoms with Gasteiger partial charge in [-0.3, -0.25) is 9.59 Å². The molecule has 1 N–H and O–H groups in total. The number of rotatable bonds is 4. The molecule has 1 saturated carbocycles. The Morgan fingerprint density at radius 1 is 1.10 bits per heavy atom. The van der Waals surface area contributed by atoms with Gasteiger partial charge in [-0.25, -0.2) is 9.59 Å². The molecule has 1 aromatic carbocycles. The molecule has 2 heterocycles. The molecule has 31 heavy (non-hydrogen) atoms. The lowest BCUT2D eigenvalue weighted by atomic mass is 9.86. The summed E-state index contributed by atoms with van der Waals surface area (Å²) in [5.74, 6) is -2.06. The van der Waals surface area contributed by atoms with Crippen LogP contribution < -0.4 is 5.32 Å². The number of nitrogens with zero attached hydrogens (tertiary/aromatic N) is 1. The third kappa shape index (κ3) is 3.67. The van der Waals surface area contributed by atoms with Crippen LogP contribution in [0, 0.1) is 10.8 Å². The van der Waals surface area contributed by atoms with E-state index in [1.807, 2.05) is 0 Å². The van der Waals surface area contributed by atoms with Gasteiger partial charge in [-0.15, -0.1) is 0 Å². The number of carbonyl (C=O) groups is 4. The molecule has 4 rings (SSSR count). The van der Waals surface area contributed by atoms with Gasteiger partial charge in [0.25, 0.3) is 11.8 Å². The van der Waals surface area contributed by atoms with Crippen LogP contribution in [-0.4, -0.2) is 54.3 Å². The number of fused-ring (bicyclic) bond motifs is 1. The molecule has 166 valence electrons. The number of ether oxygens (including phenoxy) is 2. The Labute approximate surface area is 180 Å². The first-order chi connectivity index (χ1) is 14.6. The van der Waals surface area contributed by atoms with Gasteiger partial charge in [-0.2, -0.15) is 0 Å². The first kappa shape index (κ1) is 21.3. The lowest BCUT2D eigenvalue weighted by Crippen LogP contribution is -2.44. The Hall–Kier alpha value is -2.94. The maximum Gasteiger partial charge on any atom is 0.407 e. The highest BCUT2D eigenvalue weighted by atomic mass is 16.7.